The van der Waals surface area contributed by atoms with Crippen LogP contribution in [0, 0.1) is 0 Å². The predicted molar refractivity (Wildman–Crippen MR) is 90.0 cm³/mol. The molecule has 0 radical (unpaired) electrons. The number of hydrogen-bond donors (Lipinski definition) is 1. The van der Waals surface area contributed by atoms with Crippen LogP contribution in [0.1, 0.15) is 5.56 Å². The fourth-order valence-electron chi connectivity index (χ4n) is 2.29. The normalized spacial score (nSPS) is 10.4. The van der Waals surface area contributed by atoms with Gasteiger partial charge in [0.05, 0.1) is 0 Å². The summed E-state index contributed by atoms with van der Waals surface area (Å²) >= 11 is 4.29. The van der Waals surface area contributed by atoms with Crippen LogP contribution < -0.4 is 0 Å². The average molecular weight is 276 g/mol. The van der Waals surface area contributed by atoms with Gasteiger partial charge in [0, 0.05) is 5.75 Å². The lowest BCUT2D eigenvalue weighted by atomic mass is 10.00. The van der Waals surface area contributed by atoms with Crippen LogP contribution in [-0.4, -0.2) is 0 Å². The van der Waals surface area contributed by atoms with E-state index in [9.17, 15) is 0 Å². The van der Waals surface area contributed by atoms with Crippen molar-refractivity contribution < 1.29 is 0 Å². The van der Waals surface area contributed by atoms with Gasteiger partial charge in [0.25, 0.3) is 0 Å². The fraction of sp³-hybridized carbons (Fsp3) is 0.0526. The number of rotatable bonds is 3. The lowest BCUT2D eigenvalue weighted by molar-refractivity contribution is 1.43. The molecule has 3 aromatic rings. The van der Waals surface area contributed by atoms with E-state index in [1.807, 2.05) is 6.07 Å². The highest BCUT2D eigenvalue weighted by molar-refractivity contribution is 7.79. The van der Waals surface area contributed by atoms with Crippen LogP contribution in [0.2, 0.25) is 0 Å². The van der Waals surface area contributed by atoms with Gasteiger partial charge < -0.3 is 0 Å². The SMILES string of the molecule is SCc1ccc(-c2ccc(-c3ccccc3)cc2)cc1. The molecular formula is C19H16S. The van der Waals surface area contributed by atoms with Crippen molar-refractivity contribution in [1.82, 2.24) is 0 Å². The molecule has 0 spiro atoms. The zero-order valence-corrected chi connectivity index (χ0v) is 12.1. The maximum Gasteiger partial charge on any atom is 0.0154 e. The van der Waals surface area contributed by atoms with Gasteiger partial charge in [-0.1, -0.05) is 78.9 Å². The van der Waals surface area contributed by atoms with Gasteiger partial charge in [-0.15, -0.1) is 0 Å². The van der Waals surface area contributed by atoms with Gasteiger partial charge in [-0.05, 0) is 27.8 Å². The smallest absolute Gasteiger partial charge is 0.0154 e. The lowest BCUT2D eigenvalue weighted by Gasteiger charge is -2.05. The van der Waals surface area contributed by atoms with E-state index in [0.29, 0.717) is 0 Å². The van der Waals surface area contributed by atoms with E-state index in [1.165, 1.54) is 27.8 Å². The number of benzene rings is 3. The van der Waals surface area contributed by atoms with E-state index in [2.05, 4.69) is 85.4 Å². The second kappa shape index (κ2) is 5.98. The van der Waals surface area contributed by atoms with Crippen LogP contribution in [0.15, 0.2) is 78.9 Å². The molecule has 3 rings (SSSR count). The van der Waals surface area contributed by atoms with Crippen molar-refractivity contribution in [3.05, 3.63) is 84.4 Å². The van der Waals surface area contributed by atoms with Gasteiger partial charge in [-0.3, -0.25) is 0 Å². The molecule has 0 heterocycles. The molecule has 98 valence electrons. The van der Waals surface area contributed by atoms with Crippen molar-refractivity contribution >= 4 is 12.6 Å². The molecule has 20 heavy (non-hydrogen) atoms. The van der Waals surface area contributed by atoms with Crippen molar-refractivity contribution in [3.8, 4) is 22.3 Å². The van der Waals surface area contributed by atoms with E-state index < -0.39 is 0 Å². The number of hydrogen-bond acceptors (Lipinski definition) is 1. The summed E-state index contributed by atoms with van der Waals surface area (Å²) in [6.07, 6.45) is 0. The minimum atomic E-state index is 0.785. The Morgan fingerprint density at radius 1 is 0.500 bits per heavy atom. The van der Waals surface area contributed by atoms with Gasteiger partial charge in [0.2, 0.25) is 0 Å². The van der Waals surface area contributed by atoms with Gasteiger partial charge in [0.1, 0.15) is 0 Å². The molecule has 0 aromatic heterocycles. The Labute approximate surface area is 125 Å². The molecule has 0 nitrogen and oxygen atoms in total. The Morgan fingerprint density at radius 2 is 0.900 bits per heavy atom. The molecule has 3 aromatic carbocycles. The van der Waals surface area contributed by atoms with E-state index in [1.54, 1.807) is 0 Å². The highest BCUT2D eigenvalue weighted by atomic mass is 32.1. The summed E-state index contributed by atoms with van der Waals surface area (Å²) in [5.74, 6) is 0.785. The molecule has 0 saturated heterocycles. The van der Waals surface area contributed by atoms with E-state index >= 15 is 0 Å². The highest BCUT2D eigenvalue weighted by Crippen LogP contribution is 2.25. The number of thiol groups is 1. The summed E-state index contributed by atoms with van der Waals surface area (Å²) in [7, 11) is 0. The third kappa shape index (κ3) is 2.78. The molecule has 0 bridgehead atoms. The van der Waals surface area contributed by atoms with Crippen LogP contribution in [0.3, 0.4) is 0 Å². The molecule has 0 aliphatic heterocycles. The van der Waals surface area contributed by atoms with Gasteiger partial charge in [-0.25, -0.2) is 0 Å². The quantitative estimate of drug-likeness (QED) is 0.604. The monoisotopic (exact) mass is 276 g/mol. The van der Waals surface area contributed by atoms with Crippen LogP contribution in [0.4, 0.5) is 0 Å². The third-order valence-corrected chi connectivity index (χ3v) is 3.83. The summed E-state index contributed by atoms with van der Waals surface area (Å²) < 4.78 is 0. The van der Waals surface area contributed by atoms with Crippen LogP contribution in [0.5, 0.6) is 0 Å². The predicted octanol–water partition coefficient (Wildman–Crippen LogP) is 5.45. The van der Waals surface area contributed by atoms with E-state index in [0.717, 1.165) is 5.75 Å². The molecule has 0 atom stereocenters. The molecular weight excluding hydrogens is 260 g/mol. The molecule has 0 unspecified atom stereocenters. The Morgan fingerprint density at radius 3 is 1.35 bits per heavy atom. The maximum absolute atomic E-state index is 4.29. The summed E-state index contributed by atoms with van der Waals surface area (Å²) in [6.45, 7) is 0. The molecule has 0 aliphatic carbocycles. The van der Waals surface area contributed by atoms with E-state index in [4.69, 9.17) is 0 Å². The Kier molecular flexibility index (Phi) is 3.89. The second-order valence-corrected chi connectivity index (χ2v) is 5.11. The fourth-order valence-corrected chi connectivity index (χ4v) is 2.50. The molecule has 0 N–H and O–H groups in total. The van der Waals surface area contributed by atoms with Crippen molar-refractivity contribution in [2.75, 3.05) is 0 Å². The zero-order valence-electron chi connectivity index (χ0n) is 11.2. The zero-order chi connectivity index (χ0) is 13.8. The van der Waals surface area contributed by atoms with Crippen molar-refractivity contribution in [3.63, 3.8) is 0 Å². The van der Waals surface area contributed by atoms with Gasteiger partial charge in [-0.2, -0.15) is 12.6 Å². The van der Waals surface area contributed by atoms with Crippen LogP contribution in [0.25, 0.3) is 22.3 Å². The standard InChI is InChI=1S/C19H16S/c20-14-15-6-8-17(9-7-15)19-12-10-18(11-13-19)16-4-2-1-3-5-16/h1-13,20H,14H2. The first kappa shape index (κ1) is 13.0. The van der Waals surface area contributed by atoms with Crippen LogP contribution >= 0.6 is 12.6 Å². The second-order valence-electron chi connectivity index (χ2n) is 4.80. The first-order chi connectivity index (χ1) is 9.86. The molecule has 1 heteroatoms. The Hall–Kier alpha value is -1.99. The van der Waals surface area contributed by atoms with Crippen LogP contribution in [-0.2, 0) is 5.75 Å². The summed E-state index contributed by atoms with van der Waals surface area (Å²) in [6, 6.07) is 27.7. The summed E-state index contributed by atoms with van der Waals surface area (Å²) in [5, 5.41) is 0. The first-order valence-corrected chi connectivity index (χ1v) is 7.36. The van der Waals surface area contributed by atoms with E-state index in [-0.39, 0.29) is 0 Å². The van der Waals surface area contributed by atoms with Gasteiger partial charge >= 0.3 is 0 Å². The molecule has 0 saturated carbocycles. The summed E-state index contributed by atoms with van der Waals surface area (Å²) in [5.41, 5.74) is 6.24. The highest BCUT2D eigenvalue weighted by Gasteiger charge is 2.00. The van der Waals surface area contributed by atoms with Crippen molar-refractivity contribution in [1.29, 1.82) is 0 Å². The topological polar surface area (TPSA) is 0 Å². The molecule has 0 amide bonds. The largest absolute Gasteiger partial charge is 0.175 e. The molecule has 0 fully saturated rings. The third-order valence-electron chi connectivity index (χ3n) is 3.46. The average Bonchev–Trinajstić information content (AvgIpc) is 2.56. The first-order valence-electron chi connectivity index (χ1n) is 6.72. The minimum absolute atomic E-state index is 0.785. The van der Waals surface area contributed by atoms with Crippen molar-refractivity contribution in [2.45, 2.75) is 5.75 Å². The summed E-state index contributed by atoms with van der Waals surface area (Å²) in [4.78, 5) is 0. The minimum Gasteiger partial charge on any atom is -0.175 e. The maximum atomic E-state index is 4.29. The Bertz CT molecular complexity index is 667. The molecule has 0 aliphatic rings. The van der Waals surface area contributed by atoms with Crippen molar-refractivity contribution in [2.24, 2.45) is 0 Å². The lowest BCUT2D eigenvalue weighted by Crippen LogP contribution is -1.82. The Balaban J connectivity index is 1.89. The van der Waals surface area contributed by atoms with Gasteiger partial charge in [0.15, 0.2) is 0 Å².